The number of aryl methyl sites for hydroxylation is 2. The number of hydrogen-bond donors (Lipinski definition) is 0. The third kappa shape index (κ3) is 3.35. The number of nitrogens with zero attached hydrogens (tertiary/aromatic N) is 2. The van der Waals surface area contributed by atoms with E-state index >= 15 is 0 Å². The molecule has 3 heteroatoms. The van der Waals surface area contributed by atoms with Crippen molar-refractivity contribution in [3.8, 4) is 6.07 Å². The van der Waals surface area contributed by atoms with Gasteiger partial charge in [-0.3, -0.25) is 4.79 Å². The van der Waals surface area contributed by atoms with Gasteiger partial charge in [0, 0.05) is 19.5 Å². The first-order chi connectivity index (χ1) is 9.10. The van der Waals surface area contributed by atoms with E-state index in [0.29, 0.717) is 13.0 Å². The monoisotopic (exact) mass is 256 g/mol. The van der Waals surface area contributed by atoms with E-state index in [1.54, 1.807) is 0 Å². The predicted molar refractivity (Wildman–Crippen MR) is 74.5 cm³/mol. The highest BCUT2D eigenvalue weighted by Crippen LogP contribution is 2.18. The maximum absolute atomic E-state index is 11.8. The number of amides is 1. The molecular formula is C16H20N2O. The summed E-state index contributed by atoms with van der Waals surface area (Å²) in [6, 6.07) is 8.70. The zero-order chi connectivity index (χ0) is 13.8. The Morgan fingerprint density at radius 2 is 2.21 bits per heavy atom. The molecular weight excluding hydrogens is 236 g/mol. The number of hydrogen-bond acceptors (Lipinski definition) is 2. The molecule has 100 valence electrons. The van der Waals surface area contributed by atoms with Gasteiger partial charge in [-0.1, -0.05) is 23.8 Å². The molecule has 1 aliphatic heterocycles. The largest absolute Gasteiger partial charge is 0.341 e. The summed E-state index contributed by atoms with van der Waals surface area (Å²) in [6.07, 6.45) is 2.11. The minimum absolute atomic E-state index is 0.0105. The molecule has 1 heterocycles. The fourth-order valence-corrected chi connectivity index (χ4v) is 2.56. The Morgan fingerprint density at radius 3 is 2.95 bits per heavy atom. The van der Waals surface area contributed by atoms with Gasteiger partial charge in [0.25, 0.3) is 0 Å². The fraction of sp³-hybridized carbons (Fsp3) is 0.500. The summed E-state index contributed by atoms with van der Waals surface area (Å²) in [5.74, 6) is 0.202. The number of carbonyl (C=O) groups excluding carboxylic acids is 1. The highest BCUT2D eigenvalue weighted by molar-refractivity contribution is 5.77. The van der Waals surface area contributed by atoms with Crippen LogP contribution in [0.2, 0.25) is 0 Å². The maximum atomic E-state index is 11.8. The van der Waals surface area contributed by atoms with E-state index in [0.717, 1.165) is 19.4 Å². The molecule has 19 heavy (non-hydrogen) atoms. The minimum Gasteiger partial charge on any atom is -0.341 e. The molecule has 1 atom stereocenters. The van der Waals surface area contributed by atoms with Crippen molar-refractivity contribution >= 4 is 5.91 Å². The van der Waals surface area contributed by atoms with E-state index in [4.69, 9.17) is 5.26 Å². The highest BCUT2D eigenvalue weighted by Gasteiger charge is 2.25. The molecule has 1 amide bonds. The van der Waals surface area contributed by atoms with Crippen LogP contribution in [0.3, 0.4) is 0 Å². The second-order valence-corrected chi connectivity index (χ2v) is 5.38. The Labute approximate surface area is 114 Å². The van der Waals surface area contributed by atoms with E-state index in [1.165, 1.54) is 16.7 Å². The van der Waals surface area contributed by atoms with Crippen LogP contribution in [0.25, 0.3) is 0 Å². The van der Waals surface area contributed by atoms with Crippen LogP contribution >= 0.6 is 0 Å². The number of benzene rings is 1. The summed E-state index contributed by atoms with van der Waals surface area (Å²) >= 11 is 0. The van der Waals surface area contributed by atoms with Crippen molar-refractivity contribution in [2.45, 2.75) is 33.1 Å². The summed E-state index contributed by atoms with van der Waals surface area (Å²) in [6.45, 7) is 5.51. The summed E-state index contributed by atoms with van der Waals surface area (Å²) in [7, 11) is 0. The number of carbonyl (C=O) groups is 1. The average molecular weight is 256 g/mol. The van der Waals surface area contributed by atoms with Crippen molar-refractivity contribution in [1.82, 2.24) is 4.90 Å². The molecule has 0 bridgehead atoms. The van der Waals surface area contributed by atoms with Gasteiger partial charge in [0.05, 0.1) is 12.0 Å². The Hall–Kier alpha value is -1.82. The first-order valence-corrected chi connectivity index (χ1v) is 6.83. The molecule has 1 aliphatic rings. The first kappa shape index (κ1) is 13.6. The minimum atomic E-state index is 0.0105. The molecule has 0 saturated carbocycles. The van der Waals surface area contributed by atoms with Gasteiger partial charge in [0.15, 0.2) is 0 Å². The van der Waals surface area contributed by atoms with Gasteiger partial charge in [-0.2, -0.15) is 5.26 Å². The third-order valence-corrected chi connectivity index (χ3v) is 3.84. The van der Waals surface area contributed by atoms with Gasteiger partial charge in [-0.05, 0) is 37.8 Å². The highest BCUT2D eigenvalue weighted by atomic mass is 16.2. The lowest BCUT2D eigenvalue weighted by Gasteiger charge is -2.29. The van der Waals surface area contributed by atoms with E-state index in [1.807, 2.05) is 4.90 Å². The second-order valence-electron chi connectivity index (χ2n) is 5.38. The Bertz CT molecular complexity index is 516. The van der Waals surface area contributed by atoms with Gasteiger partial charge in [-0.25, -0.2) is 0 Å². The number of rotatable bonds is 3. The molecule has 1 saturated heterocycles. The van der Waals surface area contributed by atoms with Crippen LogP contribution in [0.1, 0.15) is 29.5 Å². The number of piperidine rings is 1. The summed E-state index contributed by atoms with van der Waals surface area (Å²) in [5.41, 5.74) is 3.82. The zero-order valence-electron chi connectivity index (χ0n) is 11.6. The van der Waals surface area contributed by atoms with Gasteiger partial charge in [-0.15, -0.1) is 0 Å². The van der Waals surface area contributed by atoms with Crippen molar-refractivity contribution in [2.24, 2.45) is 5.92 Å². The van der Waals surface area contributed by atoms with E-state index in [9.17, 15) is 4.79 Å². The third-order valence-electron chi connectivity index (χ3n) is 3.84. The van der Waals surface area contributed by atoms with Crippen molar-refractivity contribution in [3.05, 3.63) is 34.9 Å². The molecule has 1 unspecified atom stereocenters. The number of nitriles is 1. The molecule has 0 aromatic heterocycles. The normalized spacial score (nSPS) is 19.3. The van der Waals surface area contributed by atoms with Crippen molar-refractivity contribution in [3.63, 3.8) is 0 Å². The topological polar surface area (TPSA) is 44.1 Å². The van der Waals surface area contributed by atoms with Gasteiger partial charge in [0.2, 0.25) is 5.91 Å². The molecule has 1 aromatic carbocycles. The molecule has 0 N–H and O–H groups in total. The summed E-state index contributed by atoms with van der Waals surface area (Å²) in [5, 5.41) is 8.97. The van der Waals surface area contributed by atoms with Crippen LogP contribution in [0.5, 0.6) is 0 Å². The lowest BCUT2D eigenvalue weighted by atomic mass is 9.97. The smallest absolute Gasteiger partial charge is 0.222 e. The quantitative estimate of drug-likeness (QED) is 0.834. The fourth-order valence-electron chi connectivity index (χ4n) is 2.56. The van der Waals surface area contributed by atoms with Crippen LogP contribution in [-0.2, 0) is 11.2 Å². The molecule has 0 radical (unpaired) electrons. The predicted octanol–water partition coefficient (Wildman–Crippen LogP) is 2.61. The lowest BCUT2D eigenvalue weighted by Crippen LogP contribution is -2.40. The van der Waals surface area contributed by atoms with Crippen molar-refractivity contribution in [1.29, 1.82) is 5.26 Å². The van der Waals surface area contributed by atoms with Crippen molar-refractivity contribution in [2.75, 3.05) is 13.1 Å². The molecule has 1 aromatic rings. The summed E-state index contributed by atoms with van der Waals surface area (Å²) in [4.78, 5) is 13.7. The van der Waals surface area contributed by atoms with E-state index in [-0.39, 0.29) is 11.8 Å². The molecule has 1 fully saturated rings. The zero-order valence-corrected chi connectivity index (χ0v) is 11.6. The van der Waals surface area contributed by atoms with E-state index < -0.39 is 0 Å². The van der Waals surface area contributed by atoms with E-state index in [2.05, 4.69) is 38.1 Å². The maximum Gasteiger partial charge on any atom is 0.222 e. The van der Waals surface area contributed by atoms with Crippen LogP contribution in [0.4, 0.5) is 0 Å². The summed E-state index contributed by atoms with van der Waals surface area (Å²) < 4.78 is 0. The van der Waals surface area contributed by atoms with Crippen LogP contribution in [0.15, 0.2) is 18.2 Å². The second kappa shape index (κ2) is 5.88. The Kier molecular flexibility index (Phi) is 4.21. The Morgan fingerprint density at radius 1 is 1.42 bits per heavy atom. The molecule has 2 rings (SSSR count). The average Bonchev–Trinajstić information content (AvgIpc) is 2.41. The molecule has 0 spiro atoms. The van der Waals surface area contributed by atoms with Gasteiger partial charge in [0.1, 0.15) is 0 Å². The standard InChI is InChI=1S/C16H20N2O/c1-12-3-4-13(2)15(9-12)7-8-18-11-14(10-17)5-6-16(18)19/h3-4,9,14H,5-8,11H2,1-2H3. The first-order valence-electron chi connectivity index (χ1n) is 6.83. The van der Waals surface area contributed by atoms with Gasteiger partial charge < -0.3 is 4.90 Å². The van der Waals surface area contributed by atoms with Gasteiger partial charge >= 0.3 is 0 Å². The molecule has 0 aliphatic carbocycles. The number of likely N-dealkylation sites (tertiary alicyclic amines) is 1. The van der Waals surface area contributed by atoms with Crippen molar-refractivity contribution < 1.29 is 4.79 Å². The van der Waals surface area contributed by atoms with Crippen LogP contribution in [-0.4, -0.2) is 23.9 Å². The Balaban J connectivity index is 1.99. The lowest BCUT2D eigenvalue weighted by molar-refractivity contribution is -0.134. The van der Waals surface area contributed by atoms with Crippen LogP contribution < -0.4 is 0 Å². The SMILES string of the molecule is Cc1ccc(C)c(CCN2CC(C#N)CCC2=O)c1. The molecule has 3 nitrogen and oxygen atoms in total. The van der Waals surface area contributed by atoms with Crippen LogP contribution in [0, 0.1) is 31.1 Å².